The lowest BCUT2D eigenvalue weighted by molar-refractivity contribution is -0.296. The minimum absolute atomic E-state index is 0.0729. The van der Waals surface area contributed by atoms with Crippen molar-refractivity contribution in [2.75, 3.05) is 0 Å². The summed E-state index contributed by atoms with van der Waals surface area (Å²) in [7, 11) is 0. The van der Waals surface area contributed by atoms with Crippen molar-refractivity contribution in [2.45, 2.75) is 30.4 Å². The standard InChI is InChI=1S/C18H14F5NO2/c19-17(20,18(21,22)23)16(9-10-16)12-3-7-14(8-4-12)26-13-5-1-11(2-6-13)15(24)25/h1-8H,9-10H2,(H2,24,25). The molecule has 1 aliphatic carbocycles. The van der Waals surface area contributed by atoms with Gasteiger partial charge in [-0.15, -0.1) is 0 Å². The number of nitrogens with two attached hydrogens (primary N) is 1. The molecule has 0 saturated heterocycles. The van der Waals surface area contributed by atoms with Gasteiger partial charge in [-0.3, -0.25) is 4.79 Å². The highest BCUT2D eigenvalue weighted by molar-refractivity contribution is 5.92. The van der Waals surface area contributed by atoms with Crippen LogP contribution in [0.4, 0.5) is 22.0 Å². The zero-order chi connectivity index (χ0) is 19.2. The predicted molar refractivity (Wildman–Crippen MR) is 83.4 cm³/mol. The number of benzene rings is 2. The van der Waals surface area contributed by atoms with Gasteiger partial charge in [0.15, 0.2) is 0 Å². The van der Waals surface area contributed by atoms with Crippen LogP contribution < -0.4 is 10.5 Å². The molecule has 138 valence electrons. The van der Waals surface area contributed by atoms with Crippen LogP contribution in [0.15, 0.2) is 48.5 Å². The minimum Gasteiger partial charge on any atom is -0.457 e. The fraction of sp³-hybridized carbons (Fsp3) is 0.278. The normalized spacial score (nSPS) is 16.2. The first kappa shape index (κ1) is 18.2. The van der Waals surface area contributed by atoms with Gasteiger partial charge in [0.2, 0.25) is 5.91 Å². The van der Waals surface area contributed by atoms with E-state index in [4.69, 9.17) is 10.5 Å². The second kappa shape index (κ2) is 5.96. The van der Waals surface area contributed by atoms with Crippen molar-refractivity contribution in [2.24, 2.45) is 5.73 Å². The van der Waals surface area contributed by atoms with Crippen LogP contribution in [0.2, 0.25) is 0 Å². The molecule has 0 radical (unpaired) electrons. The Kier molecular flexibility index (Phi) is 4.17. The molecule has 2 N–H and O–H groups in total. The Morgan fingerprint density at radius 3 is 1.73 bits per heavy atom. The summed E-state index contributed by atoms with van der Waals surface area (Å²) in [6.45, 7) is 0. The van der Waals surface area contributed by atoms with Crippen LogP contribution in [0.25, 0.3) is 0 Å². The predicted octanol–water partition coefficient (Wildman–Crippen LogP) is 4.81. The maximum absolute atomic E-state index is 13.8. The Morgan fingerprint density at radius 1 is 0.885 bits per heavy atom. The molecule has 0 aromatic heterocycles. The van der Waals surface area contributed by atoms with Gasteiger partial charge >= 0.3 is 12.1 Å². The number of rotatable bonds is 5. The van der Waals surface area contributed by atoms with Crippen molar-refractivity contribution in [1.82, 2.24) is 0 Å². The summed E-state index contributed by atoms with van der Waals surface area (Å²) < 4.78 is 71.2. The number of carbonyl (C=O) groups is 1. The molecule has 0 atom stereocenters. The number of amides is 1. The highest BCUT2D eigenvalue weighted by Gasteiger charge is 2.75. The maximum Gasteiger partial charge on any atom is 0.454 e. The van der Waals surface area contributed by atoms with Gasteiger partial charge in [-0.05, 0) is 54.8 Å². The summed E-state index contributed by atoms with van der Waals surface area (Å²) in [4.78, 5) is 11.0. The van der Waals surface area contributed by atoms with E-state index in [9.17, 15) is 26.7 Å². The highest BCUT2D eigenvalue weighted by Crippen LogP contribution is 2.63. The Bertz CT molecular complexity index is 809. The van der Waals surface area contributed by atoms with E-state index in [1.807, 2.05) is 0 Å². The van der Waals surface area contributed by atoms with Gasteiger partial charge in [0.05, 0.1) is 5.41 Å². The van der Waals surface area contributed by atoms with Gasteiger partial charge in [-0.2, -0.15) is 22.0 Å². The van der Waals surface area contributed by atoms with Gasteiger partial charge in [0, 0.05) is 5.56 Å². The molecule has 1 amide bonds. The van der Waals surface area contributed by atoms with Gasteiger partial charge in [0.25, 0.3) is 0 Å². The topological polar surface area (TPSA) is 52.3 Å². The molecule has 0 bridgehead atoms. The first-order valence-corrected chi connectivity index (χ1v) is 7.70. The summed E-state index contributed by atoms with van der Waals surface area (Å²) in [5.41, 5.74) is 3.14. The van der Waals surface area contributed by atoms with Crippen molar-refractivity contribution in [1.29, 1.82) is 0 Å². The van der Waals surface area contributed by atoms with E-state index in [-0.39, 0.29) is 29.7 Å². The fourth-order valence-corrected chi connectivity index (χ4v) is 2.85. The summed E-state index contributed by atoms with van der Waals surface area (Å²) in [6, 6.07) is 11.0. The minimum atomic E-state index is -5.60. The molecule has 3 rings (SSSR count). The maximum atomic E-state index is 13.8. The first-order chi connectivity index (χ1) is 12.1. The van der Waals surface area contributed by atoms with Gasteiger partial charge < -0.3 is 10.5 Å². The molecule has 0 spiro atoms. The number of alkyl halides is 5. The molecule has 8 heteroatoms. The van der Waals surface area contributed by atoms with E-state index < -0.39 is 23.4 Å². The quantitative estimate of drug-likeness (QED) is 0.767. The lowest BCUT2D eigenvalue weighted by Gasteiger charge is -2.29. The Labute approximate surface area is 145 Å². The van der Waals surface area contributed by atoms with Gasteiger partial charge in [-0.1, -0.05) is 12.1 Å². The molecule has 1 fully saturated rings. The summed E-state index contributed by atoms with van der Waals surface area (Å²) in [6.07, 6.45) is -6.05. The summed E-state index contributed by atoms with van der Waals surface area (Å²) in [5.74, 6) is -4.75. The van der Waals surface area contributed by atoms with Gasteiger partial charge in [0.1, 0.15) is 11.5 Å². The Morgan fingerprint density at radius 2 is 1.35 bits per heavy atom. The van der Waals surface area contributed by atoms with E-state index in [1.165, 1.54) is 48.5 Å². The van der Waals surface area contributed by atoms with E-state index in [2.05, 4.69) is 0 Å². The molecule has 1 saturated carbocycles. The second-order valence-electron chi connectivity index (χ2n) is 6.17. The van der Waals surface area contributed by atoms with Crippen LogP contribution in [0.5, 0.6) is 11.5 Å². The smallest absolute Gasteiger partial charge is 0.454 e. The number of halogens is 5. The van der Waals surface area contributed by atoms with Crippen LogP contribution in [0, 0.1) is 0 Å². The van der Waals surface area contributed by atoms with Crippen LogP contribution in [0.3, 0.4) is 0 Å². The van der Waals surface area contributed by atoms with Crippen LogP contribution in [-0.4, -0.2) is 18.0 Å². The third-order valence-electron chi connectivity index (χ3n) is 4.49. The lowest BCUT2D eigenvalue weighted by atomic mass is 9.88. The molecule has 2 aromatic rings. The fourth-order valence-electron chi connectivity index (χ4n) is 2.85. The number of hydrogen-bond acceptors (Lipinski definition) is 2. The summed E-state index contributed by atoms with van der Waals surface area (Å²) >= 11 is 0. The first-order valence-electron chi connectivity index (χ1n) is 7.70. The largest absolute Gasteiger partial charge is 0.457 e. The monoisotopic (exact) mass is 371 g/mol. The molecule has 3 nitrogen and oxygen atoms in total. The van der Waals surface area contributed by atoms with Crippen LogP contribution in [0.1, 0.15) is 28.8 Å². The molecular weight excluding hydrogens is 357 g/mol. The van der Waals surface area contributed by atoms with Crippen molar-refractivity contribution < 1.29 is 31.5 Å². The third-order valence-corrected chi connectivity index (χ3v) is 4.49. The second-order valence-corrected chi connectivity index (χ2v) is 6.17. The number of carbonyl (C=O) groups excluding carboxylic acids is 1. The molecule has 0 unspecified atom stereocenters. The molecule has 0 aliphatic heterocycles. The van der Waals surface area contributed by atoms with E-state index in [0.717, 1.165) is 0 Å². The van der Waals surface area contributed by atoms with E-state index in [0.29, 0.717) is 5.75 Å². The van der Waals surface area contributed by atoms with Crippen molar-refractivity contribution in [3.63, 3.8) is 0 Å². The average Bonchev–Trinajstić information content (AvgIpc) is 3.37. The Hall–Kier alpha value is -2.64. The zero-order valence-corrected chi connectivity index (χ0v) is 13.3. The molecule has 2 aromatic carbocycles. The van der Waals surface area contributed by atoms with Crippen molar-refractivity contribution >= 4 is 5.91 Å². The van der Waals surface area contributed by atoms with Crippen molar-refractivity contribution in [3.05, 3.63) is 59.7 Å². The number of primary amides is 1. The van der Waals surface area contributed by atoms with Gasteiger partial charge in [-0.25, -0.2) is 0 Å². The SMILES string of the molecule is NC(=O)c1ccc(Oc2ccc(C3(C(F)(F)C(F)(F)F)CC3)cc2)cc1. The lowest BCUT2D eigenvalue weighted by Crippen LogP contribution is -2.47. The number of hydrogen-bond donors (Lipinski definition) is 1. The van der Waals surface area contributed by atoms with E-state index in [1.54, 1.807) is 0 Å². The highest BCUT2D eigenvalue weighted by atomic mass is 19.4. The third kappa shape index (κ3) is 3.00. The molecule has 1 aliphatic rings. The van der Waals surface area contributed by atoms with Crippen LogP contribution in [-0.2, 0) is 5.41 Å². The number of ether oxygens (including phenoxy) is 1. The Balaban J connectivity index is 1.78. The molecular formula is C18H14F5NO2. The van der Waals surface area contributed by atoms with Crippen molar-refractivity contribution in [3.8, 4) is 11.5 Å². The molecule has 26 heavy (non-hydrogen) atoms. The zero-order valence-electron chi connectivity index (χ0n) is 13.3. The average molecular weight is 371 g/mol. The molecule has 0 heterocycles. The van der Waals surface area contributed by atoms with E-state index >= 15 is 0 Å². The van der Waals surface area contributed by atoms with Crippen LogP contribution >= 0.6 is 0 Å². The summed E-state index contributed by atoms with van der Waals surface area (Å²) in [5, 5.41) is 0.